The fraction of sp³-hybridized carbons (Fsp3) is 0.933. The monoisotopic (exact) mass is 298 g/mol. The Balaban J connectivity index is 1.58. The summed E-state index contributed by atoms with van der Waals surface area (Å²) in [6.07, 6.45) is 6.57. The van der Waals surface area contributed by atoms with Crippen LogP contribution in [0.25, 0.3) is 0 Å². The van der Waals surface area contributed by atoms with Gasteiger partial charge in [-0.3, -0.25) is 4.99 Å². The molecule has 0 saturated carbocycles. The van der Waals surface area contributed by atoms with Gasteiger partial charge in [0, 0.05) is 37.2 Å². The van der Waals surface area contributed by atoms with Gasteiger partial charge in [-0.1, -0.05) is 6.42 Å². The molecule has 1 unspecified atom stereocenters. The van der Waals surface area contributed by atoms with E-state index in [0.29, 0.717) is 0 Å². The zero-order valence-electron chi connectivity index (χ0n) is 12.9. The van der Waals surface area contributed by atoms with Gasteiger partial charge in [-0.2, -0.15) is 11.8 Å². The maximum absolute atomic E-state index is 6.05. The molecule has 2 aliphatic rings. The van der Waals surface area contributed by atoms with Crippen molar-refractivity contribution >= 4 is 17.7 Å². The summed E-state index contributed by atoms with van der Waals surface area (Å²) in [5.41, 5.74) is 6.05. The van der Waals surface area contributed by atoms with Crippen LogP contribution in [0, 0.1) is 0 Å². The summed E-state index contributed by atoms with van der Waals surface area (Å²) in [5.74, 6) is 3.13. The van der Waals surface area contributed by atoms with Crippen LogP contribution in [-0.4, -0.2) is 66.0 Å². The molecule has 116 valence electrons. The van der Waals surface area contributed by atoms with Gasteiger partial charge in [-0.05, 0) is 45.7 Å². The topological polar surface area (TPSA) is 44.9 Å². The lowest BCUT2D eigenvalue weighted by molar-refractivity contribution is 0.158. The van der Waals surface area contributed by atoms with Crippen LogP contribution in [-0.2, 0) is 0 Å². The molecule has 0 radical (unpaired) electrons. The second kappa shape index (κ2) is 8.78. The SMILES string of the molecule is CC1CCCCN1CCCCN=C(N)N1CCSCC1. The van der Waals surface area contributed by atoms with Gasteiger partial charge in [0.1, 0.15) is 0 Å². The molecule has 2 N–H and O–H groups in total. The Morgan fingerprint density at radius 2 is 2.00 bits per heavy atom. The summed E-state index contributed by atoms with van der Waals surface area (Å²) < 4.78 is 0. The van der Waals surface area contributed by atoms with Crippen LogP contribution in [0.5, 0.6) is 0 Å². The predicted octanol–water partition coefficient (Wildman–Crippen LogP) is 2.00. The zero-order valence-corrected chi connectivity index (χ0v) is 13.7. The van der Waals surface area contributed by atoms with Crippen molar-refractivity contribution in [1.82, 2.24) is 9.80 Å². The van der Waals surface area contributed by atoms with E-state index in [4.69, 9.17) is 5.73 Å². The van der Waals surface area contributed by atoms with Crippen molar-refractivity contribution < 1.29 is 0 Å². The van der Waals surface area contributed by atoms with E-state index in [1.54, 1.807) is 0 Å². The number of nitrogens with two attached hydrogens (primary N) is 1. The van der Waals surface area contributed by atoms with E-state index >= 15 is 0 Å². The number of unbranched alkanes of at least 4 members (excludes halogenated alkanes) is 1. The molecule has 0 aromatic carbocycles. The number of hydrogen-bond acceptors (Lipinski definition) is 3. The average Bonchev–Trinajstić information content (AvgIpc) is 2.49. The van der Waals surface area contributed by atoms with Gasteiger partial charge in [0.05, 0.1) is 0 Å². The molecule has 2 rings (SSSR count). The molecule has 5 heteroatoms. The Labute approximate surface area is 128 Å². The second-order valence-corrected chi connectivity index (χ2v) is 7.15. The summed E-state index contributed by atoms with van der Waals surface area (Å²) in [5, 5.41) is 0. The molecule has 0 spiro atoms. The quantitative estimate of drug-likeness (QED) is 0.479. The van der Waals surface area contributed by atoms with Gasteiger partial charge < -0.3 is 15.5 Å². The van der Waals surface area contributed by atoms with Crippen LogP contribution < -0.4 is 5.73 Å². The Bertz CT molecular complexity index is 302. The van der Waals surface area contributed by atoms with Gasteiger partial charge in [-0.25, -0.2) is 0 Å². The number of guanidine groups is 1. The van der Waals surface area contributed by atoms with E-state index in [0.717, 1.165) is 38.1 Å². The van der Waals surface area contributed by atoms with E-state index in [1.807, 2.05) is 11.8 Å². The first kappa shape index (κ1) is 16.0. The fourth-order valence-corrected chi connectivity index (χ4v) is 3.91. The number of rotatable bonds is 5. The zero-order chi connectivity index (χ0) is 14.2. The van der Waals surface area contributed by atoms with Crippen molar-refractivity contribution in [3.8, 4) is 0 Å². The van der Waals surface area contributed by atoms with Crippen LogP contribution in [0.1, 0.15) is 39.0 Å². The smallest absolute Gasteiger partial charge is 0.191 e. The molecule has 20 heavy (non-hydrogen) atoms. The molecule has 2 saturated heterocycles. The first-order valence-corrected chi connectivity index (χ1v) is 9.29. The number of hydrogen-bond donors (Lipinski definition) is 1. The molecule has 0 aromatic heterocycles. The number of likely N-dealkylation sites (tertiary alicyclic amines) is 1. The molecular weight excluding hydrogens is 268 g/mol. The highest BCUT2D eigenvalue weighted by Crippen LogP contribution is 2.16. The molecular formula is C15H30N4S. The molecule has 0 aliphatic carbocycles. The predicted molar refractivity (Wildman–Crippen MR) is 89.5 cm³/mol. The number of nitrogens with zero attached hydrogens (tertiary/aromatic N) is 3. The highest BCUT2D eigenvalue weighted by molar-refractivity contribution is 7.99. The van der Waals surface area contributed by atoms with Crippen molar-refractivity contribution in [3.63, 3.8) is 0 Å². The summed E-state index contributed by atoms with van der Waals surface area (Å²) in [6, 6.07) is 0.781. The largest absolute Gasteiger partial charge is 0.370 e. The molecule has 2 fully saturated rings. The van der Waals surface area contributed by atoms with Crippen LogP contribution in [0.4, 0.5) is 0 Å². The average molecular weight is 299 g/mol. The minimum absolute atomic E-state index is 0.761. The Morgan fingerprint density at radius 3 is 2.75 bits per heavy atom. The van der Waals surface area contributed by atoms with Crippen LogP contribution in [0.15, 0.2) is 4.99 Å². The van der Waals surface area contributed by atoms with Gasteiger partial charge in [0.25, 0.3) is 0 Å². The van der Waals surface area contributed by atoms with E-state index in [9.17, 15) is 0 Å². The minimum Gasteiger partial charge on any atom is -0.370 e. The molecule has 2 heterocycles. The maximum atomic E-state index is 6.05. The molecule has 2 aliphatic heterocycles. The van der Waals surface area contributed by atoms with E-state index in [1.165, 1.54) is 50.3 Å². The summed E-state index contributed by atoms with van der Waals surface area (Å²) in [7, 11) is 0. The third kappa shape index (κ3) is 5.17. The van der Waals surface area contributed by atoms with E-state index in [2.05, 4.69) is 21.7 Å². The van der Waals surface area contributed by atoms with E-state index < -0.39 is 0 Å². The first-order valence-electron chi connectivity index (χ1n) is 8.14. The van der Waals surface area contributed by atoms with Crippen LogP contribution in [0.3, 0.4) is 0 Å². The highest BCUT2D eigenvalue weighted by Gasteiger charge is 2.17. The van der Waals surface area contributed by atoms with Crippen molar-refractivity contribution in [2.75, 3.05) is 44.2 Å². The van der Waals surface area contributed by atoms with Crippen molar-refractivity contribution in [2.45, 2.75) is 45.1 Å². The van der Waals surface area contributed by atoms with Gasteiger partial charge in [0.2, 0.25) is 0 Å². The van der Waals surface area contributed by atoms with Crippen molar-refractivity contribution in [1.29, 1.82) is 0 Å². The fourth-order valence-electron chi connectivity index (χ4n) is 3.00. The third-order valence-corrected chi connectivity index (χ3v) is 5.35. The minimum atomic E-state index is 0.761. The molecule has 0 bridgehead atoms. The lowest BCUT2D eigenvalue weighted by Crippen LogP contribution is -2.42. The first-order chi connectivity index (χ1) is 9.77. The van der Waals surface area contributed by atoms with Gasteiger partial charge in [0.15, 0.2) is 5.96 Å². The summed E-state index contributed by atoms with van der Waals surface area (Å²) >= 11 is 2.01. The van der Waals surface area contributed by atoms with Gasteiger partial charge in [-0.15, -0.1) is 0 Å². The Hall–Kier alpha value is -0.420. The molecule has 4 nitrogen and oxygen atoms in total. The number of aliphatic imine (C=N–C) groups is 1. The van der Waals surface area contributed by atoms with Gasteiger partial charge >= 0.3 is 0 Å². The lowest BCUT2D eigenvalue weighted by atomic mass is 10.0. The van der Waals surface area contributed by atoms with Crippen LogP contribution in [0.2, 0.25) is 0 Å². The van der Waals surface area contributed by atoms with Crippen molar-refractivity contribution in [3.05, 3.63) is 0 Å². The van der Waals surface area contributed by atoms with E-state index in [-0.39, 0.29) is 0 Å². The van der Waals surface area contributed by atoms with Crippen LogP contribution >= 0.6 is 11.8 Å². The summed E-state index contributed by atoms with van der Waals surface area (Å²) in [4.78, 5) is 9.40. The molecule has 0 amide bonds. The lowest BCUT2D eigenvalue weighted by Gasteiger charge is -2.33. The Morgan fingerprint density at radius 1 is 1.20 bits per heavy atom. The maximum Gasteiger partial charge on any atom is 0.191 e. The third-order valence-electron chi connectivity index (χ3n) is 4.40. The summed E-state index contributed by atoms with van der Waals surface area (Å²) in [6.45, 7) is 7.90. The van der Waals surface area contributed by atoms with Crippen molar-refractivity contribution in [2.24, 2.45) is 10.7 Å². The number of thioether (sulfide) groups is 1. The Kier molecular flexibility index (Phi) is 7.00. The molecule has 0 aromatic rings. The standard InChI is InChI=1S/C15H30N4S/c1-14-6-2-4-8-18(14)9-5-3-7-17-15(16)19-10-12-20-13-11-19/h14H,2-13H2,1H3,(H2,16,17). The second-order valence-electron chi connectivity index (χ2n) is 5.93. The highest BCUT2D eigenvalue weighted by atomic mass is 32.2. The normalized spacial score (nSPS) is 25.9. The molecule has 1 atom stereocenters. The number of piperidine rings is 1.